The number of sulfone groups is 1. The van der Waals surface area contributed by atoms with Crippen molar-refractivity contribution in [3.63, 3.8) is 0 Å². The summed E-state index contributed by atoms with van der Waals surface area (Å²) in [6, 6.07) is 9.67. The second-order valence-corrected chi connectivity index (χ2v) is 8.71. The predicted molar refractivity (Wildman–Crippen MR) is 101 cm³/mol. The second kappa shape index (κ2) is 7.21. The van der Waals surface area contributed by atoms with Crippen LogP contribution in [0.25, 0.3) is 11.3 Å². The van der Waals surface area contributed by atoms with Crippen molar-refractivity contribution in [2.24, 2.45) is 0 Å². The predicted octanol–water partition coefficient (Wildman–Crippen LogP) is 3.09. The quantitative estimate of drug-likeness (QED) is 0.638. The highest BCUT2D eigenvalue weighted by Crippen LogP contribution is 2.36. The number of amides is 1. The molecule has 0 radical (unpaired) electrons. The van der Waals surface area contributed by atoms with Gasteiger partial charge < -0.3 is 14.8 Å². The smallest absolute Gasteiger partial charge is 0.241 e. The molecule has 0 saturated heterocycles. The Morgan fingerprint density at radius 3 is 2.68 bits per heavy atom. The van der Waals surface area contributed by atoms with E-state index in [1.165, 1.54) is 11.3 Å². The Labute approximate surface area is 163 Å². The van der Waals surface area contributed by atoms with Crippen LogP contribution < -0.4 is 14.8 Å². The number of halogens is 1. The zero-order chi connectivity index (χ0) is 19.7. The van der Waals surface area contributed by atoms with Crippen LogP contribution in [0.15, 0.2) is 52.7 Å². The van der Waals surface area contributed by atoms with Crippen LogP contribution in [0.4, 0.5) is 9.52 Å². The molecular formula is C18H13FN2O5S2. The van der Waals surface area contributed by atoms with Crippen molar-refractivity contribution in [2.75, 3.05) is 17.9 Å². The molecule has 1 aromatic heterocycles. The molecule has 144 valence electrons. The lowest BCUT2D eigenvalue weighted by Crippen LogP contribution is -2.23. The largest absolute Gasteiger partial charge is 0.454 e. The van der Waals surface area contributed by atoms with Crippen molar-refractivity contribution >= 4 is 32.2 Å². The van der Waals surface area contributed by atoms with Crippen LogP contribution in [-0.2, 0) is 14.6 Å². The van der Waals surface area contributed by atoms with Crippen LogP contribution in [0.5, 0.6) is 11.5 Å². The maximum atomic E-state index is 12.9. The van der Waals surface area contributed by atoms with Crippen LogP contribution in [0, 0.1) is 5.82 Å². The van der Waals surface area contributed by atoms with Gasteiger partial charge in [-0.15, -0.1) is 11.3 Å². The third kappa shape index (κ3) is 3.82. The van der Waals surface area contributed by atoms with Crippen LogP contribution in [0.3, 0.4) is 0 Å². The van der Waals surface area contributed by atoms with E-state index in [0.29, 0.717) is 17.2 Å². The highest BCUT2D eigenvalue weighted by molar-refractivity contribution is 7.92. The van der Waals surface area contributed by atoms with E-state index in [1.807, 2.05) is 6.07 Å². The molecule has 0 aliphatic carbocycles. The zero-order valence-electron chi connectivity index (χ0n) is 14.2. The molecule has 7 nitrogen and oxygen atoms in total. The molecule has 2 aromatic carbocycles. The van der Waals surface area contributed by atoms with Crippen molar-refractivity contribution in [3.8, 4) is 22.8 Å². The van der Waals surface area contributed by atoms with Gasteiger partial charge in [-0.25, -0.2) is 17.8 Å². The number of nitrogens with one attached hydrogen (secondary N) is 1. The topological polar surface area (TPSA) is 94.6 Å². The Bertz CT molecular complexity index is 1140. The van der Waals surface area contributed by atoms with Gasteiger partial charge in [0.25, 0.3) is 0 Å². The Morgan fingerprint density at radius 1 is 1.14 bits per heavy atom. The van der Waals surface area contributed by atoms with Gasteiger partial charge in [0.05, 0.1) is 10.6 Å². The minimum Gasteiger partial charge on any atom is -0.454 e. The average Bonchev–Trinajstić information content (AvgIpc) is 3.30. The summed E-state index contributed by atoms with van der Waals surface area (Å²) in [5.41, 5.74) is 1.39. The number of carbonyl (C=O) groups excluding carboxylic acids is 1. The summed E-state index contributed by atoms with van der Waals surface area (Å²) in [6.45, 7) is 0.166. The number of hydrogen-bond acceptors (Lipinski definition) is 7. The summed E-state index contributed by atoms with van der Waals surface area (Å²) in [5.74, 6) is -0.782. The first-order valence-corrected chi connectivity index (χ1v) is 10.6. The van der Waals surface area contributed by atoms with E-state index in [2.05, 4.69) is 10.3 Å². The normalized spacial score (nSPS) is 12.8. The molecular weight excluding hydrogens is 407 g/mol. The number of ether oxygens (including phenoxy) is 2. The third-order valence-corrected chi connectivity index (χ3v) is 6.30. The van der Waals surface area contributed by atoms with Gasteiger partial charge in [-0.05, 0) is 42.5 Å². The van der Waals surface area contributed by atoms with Crippen molar-refractivity contribution in [1.29, 1.82) is 0 Å². The van der Waals surface area contributed by atoms with Gasteiger partial charge >= 0.3 is 0 Å². The van der Waals surface area contributed by atoms with Crippen molar-refractivity contribution < 1.29 is 27.1 Å². The van der Waals surface area contributed by atoms with Crippen molar-refractivity contribution in [2.45, 2.75) is 4.90 Å². The maximum absolute atomic E-state index is 12.9. The number of thiazole rings is 1. The fourth-order valence-corrected chi connectivity index (χ4v) is 4.44. The lowest BCUT2D eigenvalue weighted by Gasteiger charge is -2.04. The van der Waals surface area contributed by atoms with Crippen LogP contribution in [-0.4, -0.2) is 31.9 Å². The maximum Gasteiger partial charge on any atom is 0.241 e. The summed E-state index contributed by atoms with van der Waals surface area (Å²) >= 11 is 1.17. The van der Waals surface area contributed by atoms with Gasteiger partial charge in [-0.2, -0.15) is 0 Å². The van der Waals surface area contributed by atoms with E-state index in [0.717, 1.165) is 29.8 Å². The second-order valence-electron chi connectivity index (χ2n) is 5.87. The number of carbonyl (C=O) groups is 1. The number of benzene rings is 2. The molecule has 28 heavy (non-hydrogen) atoms. The zero-order valence-corrected chi connectivity index (χ0v) is 15.8. The van der Waals surface area contributed by atoms with E-state index in [-0.39, 0.29) is 16.8 Å². The number of hydrogen-bond donors (Lipinski definition) is 1. The van der Waals surface area contributed by atoms with E-state index in [4.69, 9.17) is 9.47 Å². The summed E-state index contributed by atoms with van der Waals surface area (Å²) in [6.07, 6.45) is 0. The van der Waals surface area contributed by atoms with Crippen LogP contribution in [0.2, 0.25) is 0 Å². The Balaban J connectivity index is 1.45. The molecule has 1 amide bonds. The van der Waals surface area contributed by atoms with Gasteiger partial charge in [0.15, 0.2) is 26.5 Å². The fraction of sp³-hybridized carbons (Fsp3) is 0.111. The Kier molecular flexibility index (Phi) is 4.73. The number of nitrogens with zero attached hydrogens (tertiary/aromatic N) is 1. The molecule has 4 rings (SSSR count). The van der Waals surface area contributed by atoms with E-state index >= 15 is 0 Å². The molecule has 2 heterocycles. The lowest BCUT2D eigenvalue weighted by molar-refractivity contribution is -0.113. The first-order chi connectivity index (χ1) is 13.4. The van der Waals surface area contributed by atoms with E-state index < -0.39 is 27.3 Å². The molecule has 1 N–H and O–H groups in total. The first kappa shape index (κ1) is 18.4. The third-order valence-electron chi connectivity index (χ3n) is 3.91. The molecule has 0 bridgehead atoms. The molecule has 0 saturated carbocycles. The van der Waals surface area contributed by atoms with E-state index in [9.17, 15) is 17.6 Å². The van der Waals surface area contributed by atoms with E-state index in [1.54, 1.807) is 17.5 Å². The minimum absolute atomic E-state index is 0.121. The molecule has 1 aliphatic heterocycles. The molecule has 0 spiro atoms. The highest BCUT2D eigenvalue weighted by Gasteiger charge is 2.21. The standard InChI is InChI=1S/C18H13FN2O5S2/c19-12-2-4-13(5-3-12)28(23,24)9-17(22)21-18-20-14(8-27-18)11-1-6-15-16(7-11)26-10-25-15/h1-8H,9-10H2,(H,20,21,22). The number of aromatic nitrogens is 1. The molecule has 0 unspecified atom stereocenters. The Hall–Kier alpha value is -2.98. The summed E-state index contributed by atoms with van der Waals surface area (Å²) < 4.78 is 48.0. The number of fused-ring (bicyclic) bond motifs is 1. The SMILES string of the molecule is O=C(CS(=O)(=O)c1ccc(F)cc1)Nc1nc(-c2ccc3c(c2)OCO3)cs1. The highest BCUT2D eigenvalue weighted by atomic mass is 32.2. The fourth-order valence-electron chi connectivity index (χ4n) is 2.57. The lowest BCUT2D eigenvalue weighted by atomic mass is 10.1. The Morgan fingerprint density at radius 2 is 1.89 bits per heavy atom. The number of anilines is 1. The summed E-state index contributed by atoms with van der Waals surface area (Å²) in [5, 5.41) is 4.49. The van der Waals surface area contributed by atoms with Gasteiger partial charge in [-0.1, -0.05) is 0 Å². The summed E-state index contributed by atoms with van der Waals surface area (Å²) in [7, 11) is -3.88. The first-order valence-electron chi connectivity index (χ1n) is 8.04. The van der Waals surface area contributed by atoms with Gasteiger partial charge in [-0.3, -0.25) is 4.79 Å². The number of rotatable bonds is 5. The van der Waals surface area contributed by atoms with Gasteiger partial charge in [0.2, 0.25) is 12.7 Å². The molecule has 10 heteroatoms. The van der Waals surface area contributed by atoms with Crippen LogP contribution >= 0.6 is 11.3 Å². The van der Waals surface area contributed by atoms with Crippen molar-refractivity contribution in [3.05, 3.63) is 53.7 Å². The van der Waals surface area contributed by atoms with Crippen LogP contribution in [0.1, 0.15) is 0 Å². The average molecular weight is 420 g/mol. The molecule has 1 aliphatic rings. The minimum atomic E-state index is -3.88. The molecule has 0 atom stereocenters. The molecule has 3 aromatic rings. The van der Waals surface area contributed by atoms with Gasteiger partial charge in [0.1, 0.15) is 11.6 Å². The van der Waals surface area contributed by atoms with Crippen molar-refractivity contribution in [1.82, 2.24) is 4.98 Å². The monoisotopic (exact) mass is 420 g/mol. The molecule has 0 fully saturated rings. The van der Waals surface area contributed by atoms with Gasteiger partial charge in [0, 0.05) is 10.9 Å². The summed E-state index contributed by atoms with van der Waals surface area (Å²) in [4.78, 5) is 16.3.